The summed E-state index contributed by atoms with van der Waals surface area (Å²) in [6, 6.07) is 16.3. The van der Waals surface area contributed by atoms with Crippen LogP contribution in [-0.4, -0.2) is 31.0 Å². The molecule has 0 unspecified atom stereocenters. The lowest BCUT2D eigenvalue weighted by molar-refractivity contribution is -0.385. The minimum absolute atomic E-state index is 0.100. The normalized spacial score (nSPS) is 15.6. The fraction of sp³-hybridized carbons (Fsp3) is 0.0833. The van der Waals surface area contributed by atoms with Gasteiger partial charge in [0.15, 0.2) is 16.7 Å². The molecule has 3 aromatic carbocycles. The number of carbonyl (C=O) groups excluding carboxylic acids is 1. The number of nitrogens with zero attached hydrogens (tertiary/aromatic N) is 2. The number of hydrogen-bond donors (Lipinski definition) is 1. The standard InChI is InChI=1S/C24H18BrN3O7S2/c1-2-34-21-12-15(13-22-23(29)27-24(36-22)26-17-9-7-16(25)8-10-17)6-11-20(21)35-37(32,33)19-5-3-4-18(14-19)28(30)31/h3-14H,2H2,1H3,(H,26,27,29)/b22-13-. The van der Waals surface area contributed by atoms with Crippen molar-refractivity contribution >= 4 is 66.3 Å². The van der Waals surface area contributed by atoms with Gasteiger partial charge in [-0.25, -0.2) is 4.99 Å². The van der Waals surface area contributed by atoms with Gasteiger partial charge in [0.05, 0.1) is 22.1 Å². The number of carbonyl (C=O) groups is 1. The van der Waals surface area contributed by atoms with Crippen LogP contribution in [0.1, 0.15) is 12.5 Å². The molecule has 4 rings (SSSR count). The second kappa shape index (κ2) is 11.2. The van der Waals surface area contributed by atoms with Crippen LogP contribution in [-0.2, 0) is 14.9 Å². The number of rotatable bonds is 8. The zero-order valence-electron chi connectivity index (χ0n) is 19.1. The maximum atomic E-state index is 12.8. The Balaban J connectivity index is 1.58. The Morgan fingerprint density at radius 3 is 2.57 bits per heavy atom. The predicted octanol–water partition coefficient (Wildman–Crippen LogP) is 5.42. The van der Waals surface area contributed by atoms with Gasteiger partial charge >= 0.3 is 10.1 Å². The van der Waals surface area contributed by atoms with Gasteiger partial charge in [-0.2, -0.15) is 8.42 Å². The summed E-state index contributed by atoms with van der Waals surface area (Å²) in [5, 5.41) is 14.1. The van der Waals surface area contributed by atoms with Crippen molar-refractivity contribution in [2.75, 3.05) is 6.61 Å². The highest BCUT2D eigenvalue weighted by Gasteiger charge is 2.25. The van der Waals surface area contributed by atoms with Crippen molar-refractivity contribution in [1.82, 2.24) is 5.32 Å². The first kappa shape index (κ1) is 26.4. The average Bonchev–Trinajstić information content (AvgIpc) is 3.20. The fourth-order valence-corrected chi connectivity index (χ4v) is 5.22. The molecule has 0 atom stereocenters. The third-order valence-corrected chi connectivity index (χ3v) is 7.46. The molecule has 1 N–H and O–H groups in total. The lowest BCUT2D eigenvalue weighted by Gasteiger charge is -2.12. The highest BCUT2D eigenvalue weighted by molar-refractivity contribution is 9.10. The topological polar surface area (TPSA) is 137 Å². The molecular weight excluding hydrogens is 586 g/mol. The highest BCUT2D eigenvalue weighted by Crippen LogP contribution is 2.34. The molecule has 37 heavy (non-hydrogen) atoms. The third-order valence-electron chi connectivity index (χ3n) is 4.79. The van der Waals surface area contributed by atoms with Crippen LogP contribution in [0.5, 0.6) is 11.5 Å². The largest absolute Gasteiger partial charge is 0.490 e. The van der Waals surface area contributed by atoms with Gasteiger partial charge in [0, 0.05) is 16.6 Å². The van der Waals surface area contributed by atoms with E-state index in [1.165, 1.54) is 30.3 Å². The monoisotopic (exact) mass is 603 g/mol. The number of nitro benzene ring substituents is 1. The van der Waals surface area contributed by atoms with E-state index in [-0.39, 0.29) is 34.6 Å². The van der Waals surface area contributed by atoms with Crippen molar-refractivity contribution in [3.63, 3.8) is 0 Å². The maximum Gasteiger partial charge on any atom is 0.339 e. The van der Waals surface area contributed by atoms with Crippen molar-refractivity contribution in [3.8, 4) is 11.5 Å². The number of ether oxygens (including phenoxy) is 1. The number of hydrogen-bond acceptors (Lipinski definition) is 9. The molecule has 1 saturated heterocycles. The average molecular weight is 604 g/mol. The lowest BCUT2D eigenvalue weighted by atomic mass is 10.2. The molecule has 0 spiro atoms. The summed E-state index contributed by atoms with van der Waals surface area (Å²) in [6.45, 7) is 1.93. The number of amidine groups is 1. The van der Waals surface area contributed by atoms with Crippen LogP contribution in [0.25, 0.3) is 6.08 Å². The molecule has 13 heteroatoms. The van der Waals surface area contributed by atoms with E-state index in [2.05, 4.69) is 26.2 Å². The Labute approximate surface area is 224 Å². The summed E-state index contributed by atoms with van der Waals surface area (Å²) in [5.41, 5.74) is 0.857. The van der Waals surface area contributed by atoms with Gasteiger partial charge in [-0.05, 0) is 72.8 Å². The quantitative estimate of drug-likeness (QED) is 0.156. The molecule has 0 radical (unpaired) electrons. The van der Waals surface area contributed by atoms with E-state index in [1.807, 2.05) is 12.1 Å². The van der Waals surface area contributed by atoms with Crippen molar-refractivity contribution in [2.24, 2.45) is 4.99 Å². The number of nitrogens with one attached hydrogen (secondary N) is 1. The van der Waals surface area contributed by atoms with Crippen molar-refractivity contribution in [3.05, 3.63) is 91.8 Å². The smallest absolute Gasteiger partial charge is 0.339 e. The SMILES string of the molecule is CCOc1cc(/C=C2\SC(=Nc3ccc(Br)cc3)NC2=O)ccc1OS(=O)(=O)c1cccc([N+](=O)[O-])c1. The number of amides is 1. The zero-order valence-corrected chi connectivity index (χ0v) is 22.3. The Hall–Kier alpha value is -3.68. The van der Waals surface area contributed by atoms with E-state index < -0.39 is 15.0 Å². The second-order valence-corrected chi connectivity index (χ2v) is 10.9. The van der Waals surface area contributed by atoms with Gasteiger partial charge in [0.2, 0.25) is 0 Å². The number of halogens is 1. The summed E-state index contributed by atoms with van der Waals surface area (Å²) in [7, 11) is -4.38. The van der Waals surface area contributed by atoms with Crippen molar-refractivity contribution in [1.29, 1.82) is 0 Å². The summed E-state index contributed by atoms with van der Waals surface area (Å²) >= 11 is 4.53. The van der Waals surface area contributed by atoms with Crippen molar-refractivity contribution < 1.29 is 27.1 Å². The van der Waals surface area contributed by atoms with Gasteiger partial charge < -0.3 is 14.2 Å². The molecule has 1 aliphatic rings. The Morgan fingerprint density at radius 1 is 1.11 bits per heavy atom. The molecule has 10 nitrogen and oxygen atoms in total. The van der Waals surface area contributed by atoms with Crippen LogP contribution in [0.3, 0.4) is 0 Å². The first-order valence-electron chi connectivity index (χ1n) is 10.7. The van der Waals surface area contributed by atoms with Crippen LogP contribution in [0.4, 0.5) is 11.4 Å². The Bertz CT molecular complexity index is 1540. The lowest BCUT2D eigenvalue weighted by Crippen LogP contribution is -2.19. The van der Waals surface area contributed by atoms with Gasteiger partial charge in [0.1, 0.15) is 4.90 Å². The van der Waals surface area contributed by atoms with Crippen LogP contribution in [0, 0.1) is 10.1 Å². The Kier molecular flexibility index (Phi) is 7.95. The maximum absolute atomic E-state index is 12.8. The number of aliphatic imine (C=N–C) groups is 1. The molecule has 0 saturated carbocycles. The number of benzene rings is 3. The van der Waals surface area contributed by atoms with Gasteiger partial charge in [-0.3, -0.25) is 14.9 Å². The minimum Gasteiger partial charge on any atom is -0.490 e. The minimum atomic E-state index is -4.38. The number of thioether (sulfide) groups is 1. The zero-order chi connectivity index (χ0) is 26.6. The first-order valence-corrected chi connectivity index (χ1v) is 13.7. The molecular formula is C24H18BrN3O7S2. The molecule has 1 fully saturated rings. The van der Waals surface area contributed by atoms with Crippen molar-refractivity contribution in [2.45, 2.75) is 11.8 Å². The summed E-state index contributed by atoms with van der Waals surface area (Å²) in [4.78, 5) is 27.2. The molecule has 0 aromatic heterocycles. The summed E-state index contributed by atoms with van der Waals surface area (Å²) in [6.07, 6.45) is 1.62. The third kappa shape index (κ3) is 6.56. The predicted molar refractivity (Wildman–Crippen MR) is 143 cm³/mol. The molecule has 190 valence electrons. The van der Waals surface area contributed by atoms with E-state index in [0.29, 0.717) is 21.3 Å². The van der Waals surface area contributed by atoms with E-state index in [9.17, 15) is 23.3 Å². The van der Waals surface area contributed by atoms with Gasteiger partial charge in [-0.1, -0.05) is 28.1 Å². The van der Waals surface area contributed by atoms with E-state index in [1.54, 1.807) is 31.2 Å². The van der Waals surface area contributed by atoms with Gasteiger partial charge in [0.25, 0.3) is 11.6 Å². The molecule has 1 aliphatic heterocycles. The first-order chi connectivity index (χ1) is 17.6. The Morgan fingerprint density at radius 2 is 1.86 bits per heavy atom. The molecule has 3 aromatic rings. The second-order valence-electron chi connectivity index (χ2n) is 7.39. The molecule has 1 heterocycles. The molecule has 0 bridgehead atoms. The van der Waals surface area contributed by atoms with E-state index in [0.717, 1.165) is 22.3 Å². The number of nitro groups is 1. The van der Waals surface area contributed by atoms with E-state index >= 15 is 0 Å². The molecule has 1 amide bonds. The van der Waals surface area contributed by atoms with E-state index in [4.69, 9.17) is 8.92 Å². The summed E-state index contributed by atoms with van der Waals surface area (Å²) < 4.78 is 37.2. The van der Waals surface area contributed by atoms with Crippen LogP contribution >= 0.6 is 27.7 Å². The fourth-order valence-electron chi connectivity index (χ4n) is 3.14. The molecule has 0 aliphatic carbocycles. The van der Waals surface area contributed by atoms with Crippen LogP contribution in [0.2, 0.25) is 0 Å². The highest BCUT2D eigenvalue weighted by atomic mass is 79.9. The van der Waals surface area contributed by atoms with Crippen LogP contribution in [0.15, 0.2) is 86.0 Å². The number of non-ortho nitro benzene ring substituents is 1. The van der Waals surface area contributed by atoms with Crippen LogP contribution < -0.4 is 14.2 Å². The summed E-state index contributed by atoms with van der Waals surface area (Å²) in [5.74, 6) is -0.304. The van der Waals surface area contributed by atoms with Gasteiger partial charge in [-0.15, -0.1) is 0 Å².